The van der Waals surface area contributed by atoms with E-state index in [1.165, 1.54) is 0 Å². The van der Waals surface area contributed by atoms with Gasteiger partial charge < -0.3 is 20.1 Å². The van der Waals surface area contributed by atoms with E-state index >= 15 is 0 Å². The summed E-state index contributed by atoms with van der Waals surface area (Å²) in [6.07, 6.45) is 3.92. The number of nitrogens with zero attached hydrogens (tertiary/aromatic N) is 2. The first kappa shape index (κ1) is 15.6. The van der Waals surface area contributed by atoms with E-state index in [0.29, 0.717) is 36.0 Å². The molecule has 0 atom stereocenters. The van der Waals surface area contributed by atoms with E-state index in [1.807, 2.05) is 31.2 Å². The first-order valence-electron chi connectivity index (χ1n) is 8.07. The van der Waals surface area contributed by atoms with E-state index in [1.54, 1.807) is 6.20 Å². The van der Waals surface area contributed by atoms with Crippen LogP contribution in [0.25, 0.3) is 0 Å². The summed E-state index contributed by atoms with van der Waals surface area (Å²) in [6.45, 7) is 3.13. The van der Waals surface area contributed by atoms with Gasteiger partial charge in [0.15, 0.2) is 11.6 Å². The molecule has 2 fully saturated rings. The summed E-state index contributed by atoms with van der Waals surface area (Å²) in [7, 11) is 0. The number of hydrogen-bond acceptors (Lipinski definition) is 6. The Kier molecular flexibility index (Phi) is 4.04. The maximum absolute atomic E-state index is 6.15. The molecule has 2 heterocycles. The number of nitrogens with one attached hydrogen (secondary N) is 2. The number of ether oxygens (including phenoxy) is 2. The van der Waals surface area contributed by atoms with Crippen LogP contribution in [0.2, 0.25) is 5.02 Å². The number of anilines is 3. The molecular weight excluding hydrogens is 328 g/mol. The Bertz CT molecular complexity index is 745. The summed E-state index contributed by atoms with van der Waals surface area (Å²) in [5.41, 5.74) is 1.82. The molecule has 1 aliphatic heterocycles. The molecule has 2 aliphatic rings. The Morgan fingerprint density at radius 2 is 2.04 bits per heavy atom. The van der Waals surface area contributed by atoms with Gasteiger partial charge in [0.1, 0.15) is 5.02 Å². The molecule has 0 amide bonds. The van der Waals surface area contributed by atoms with Gasteiger partial charge in [-0.05, 0) is 31.9 Å². The molecule has 0 bridgehead atoms. The van der Waals surface area contributed by atoms with Crippen LogP contribution in [0.4, 0.5) is 17.5 Å². The van der Waals surface area contributed by atoms with Gasteiger partial charge in [0.2, 0.25) is 5.95 Å². The van der Waals surface area contributed by atoms with Crippen LogP contribution in [0.5, 0.6) is 0 Å². The average Bonchev–Trinajstić information content (AvgIpc) is 3.29. The number of halogens is 1. The summed E-state index contributed by atoms with van der Waals surface area (Å²) < 4.78 is 11.4. The molecule has 0 spiro atoms. The summed E-state index contributed by atoms with van der Waals surface area (Å²) in [4.78, 5) is 8.71. The largest absolute Gasteiger partial charge is 0.366 e. The summed E-state index contributed by atoms with van der Waals surface area (Å²) in [5, 5.41) is 7.05. The minimum atomic E-state index is -0.697. The van der Waals surface area contributed by atoms with Crippen LogP contribution in [-0.2, 0) is 15.3 Å². The molecular formula is C17H19ClN4O2. The van der Waals surface area contributed by atoms with Gasteiger partial charge in [-0.15, -0.1) is 0 Å². The molecule has 126 valence electrons. The van der Waals surface area contributed by atoms with Gasteiger partial charge in [-0.1, -0.05) is 23.7 Å². The predicted octanol–water partition coefficient (Wildman–Crippen LogP) is 3.67. The van der Waals surface area contributed by atoms with E-state index in [9.17, 15) is 0 Å². The number of benzene rings is 1. The summed E-state index contributed by atoms with van der Waals surface area (Å²) in [5.74, 6) is 0.470. The van der Waals surface area contributed by atoms with Gasteiger partial charge in [-0.2, -0.15) is 4.98 Å². The maximum Gasteiger partial charge on any atom is 0.229 e. The third-order valence-electron chi connectivity index (χ3n) is 4.14. The highest BCUT2D eigenvalue weighted by molar-refractivity contribution is 6.32. The molecule has 24 heavy (non-hydrogen) atoms. The van der Waals surface area contributed by atoms with Gasteiger partial charge in [0.25, 0.3) is 0 Å². The highest BCUT2D eigenvalue weighted by atomic mass is 35.5. The van der Waals surface area contributed by atoms with E-state index < -0.39 is 5.79 Å². The van der Waals surface area contributed by atoms with E-state index in [-0.39, 0.29) is 0 Å². The lowest BCUT2D eigenvalue weighted by atomic mass is 10.1. The van der Waals surface area contributed by atoms with Crippen molar-refractivity contribution in [3.63, 3.8) is 0 Å². The van der Waals surface area contributed by atoms with Crippen molar-refractivity contribution in [3.8, 4) is 0 Å². The van der Waals surface area contributed by atoms with Crippen molar-refractivity contribution in [2.75, 3.05) is 23.8 Å². The van der Waals surface area contributed by atoms with Crippen molar-refractivity contribution in [3.05, 3.63) is 41.0 Å². The molecule has 1 aromatic carbocycles. The fourth-order valence-corrected chi connectivity index (χ4v) is 2.78. The van der Waals surface area contributed by atoms with Crippen LogP contribution in [-0.4, -0.2) is 29.2 Å². The smallest absolute Gasteiger partial charge is 0.229 e. The van der Waals surface area contributed by atoms with Gasteiger partial charge in [0.05, 0.1) is 19.4 Å². The van der Waals surface area contributed by atoms with Crippen molar-refractivity contribution < 1.29 is 9.47 Å². The molecule has 6 nitrogen and oxygen atoms in total. The van der Waals surface area contributed by atoms with Crippen LogP contribution in [0.1, 0.15) is 25.3 Å². The fraction of sp³-hybridized carbons (Fsp3) is 0.412. The van der Waals surface area contributed by atoms with E-state index in [0.717, 1.165) is 24.1 Å². The highest BCUT2D eigenvalue weighted by Crippen LogP contribution is 2.33. The third kappa shape index (κ3) is 3.31. The van der Waals surface area contributed by atoms with Gasteiger partial charge in [0, 0.05) is 17.3 Å². The van der Waals surface area contributed by atoms with Crippen LogP contribution >= 0.6 is 11.6 Å². The second kappa shape index (κ2) is 6.20. The standard InChI is InChI=1S/C17H19ClN4O2/c1-17(23-7-8-24-17)11-3-2-4-13(9-11)21-16-19-10-14(18)15(22-16)20-12-5-6-12/h2-4,9-10,12H,5-8H2,1H3,(H2,19,20,21,22). The van der Waals surface area contributed by atoms with Gasteiger partial charge >= 0.3 is 0 Å². The Balaban J connectivity index is 1.54. The lowest BCUT2D eigenvalue weighted by Gasteiger charge is -2.23. The molecule has 1 saturated carbocycles. The second-order valence-electron chi connectivity index (χ2n) is 6.16. The molecule has 1 aromatic heterocycles. The molecule has 2 N–H and O–H groups in total. The van der Waals surface area contributed by atoms with Crippen LogP contribution in [0.15, 0.2) is 30.5 Å². The zero-order chi connectivity index (χ0) is 16.6. The normalized spacial score (nSPS) is 19.2. The first-order valence-corrected chi connectivity index (χ1v) is 8.45. The monoisotopic (exact) mass is 346 g/mol. The average molecular weight is 347 g/mol. The molecule has 1 aliphatic carbocycles. The zero-order valence-corrected chi connectivity index (χ0v) is 14.1. The minimum Gasteiger partial charge on any atom is -0.366 e. The first-order chi connectivity index (χ1) is 11.6. The molecule has 4 rings (SSSR count). The van der Waals surface area contributed by atoms with E-state index in [4.69, 9.17) is 21.1 Å². The van der Waals surface area contributed by atoms with Crippen molar-refractivity contribution in [2.45, 2.75) is 31.6 Å². The van der Waals surface area contributed by atoms with Gasteiger partial charge in [-0.25, -0.2) is 4.98 Å². The fourth-order valence-electron chi connectivity index (χ4n) is 2.64. The Morgan fingerprint density at radius 1 is 1.25 bits per heavy atom. The number of aromatic nitrogens is 2. The Morgan fingerprint density at radius 3 is 2.79 bits per heavy atom. The predicted molar refractivity (Wildman–Crippen MR) is 92.7 cm³/mol. The second-order valence-corrected chi connectivity index (χ2v) is 6.56. The summed E-state index contributed by atoms with van der Waals surface area (Å²) >= 11 is 6.15. The zero-order valence-electron chi connectivity index (χ0n) is 13.4. The van der Waals surface area contributed by atoms with Crippen molar-refractivity contribution >= 4 is 29.1 Å². The van der Waals surface area contributed by atoms with Crippen molar-refractivity contribution in [2.24, 2.45) is 0 Å². The maximum atomic E-state index is 6.15. The molecule has 7 heteroatoms. The van der Waals surface area contributed by atoms with Crippen LogP contribution < -0.4 is 10.6 Å². The molecule has 2 aromatic rings. The van der Waals surface area contributed by atoms with Crippen molar-refractivity contribution in [1.82, 2.24) is 9.97 Å². The number of hydrogen-bond donors (Lipinski definition) is 2. The van der Waals surface area contributed by atoms with Crippen LogP contribution in [0, 0.1) is 0 Å². The number of rotatable bonds is 5. The Labute approximate surface area is 145 Å². The van der Waals surface area contributed by atoms with Crippen LogP contribution in [0.3, 0.4) is 0 Å². The Hall–Kier alpha value is -1.89. The lowest BCUT2D eigenvalue weighted by Crippen LogP contribution is -2.22. The minimum absolute atomic E-state index is 0.477. The quantitative estimate of drug-likeness (QED) is 0.861. The topological polar surface area (TPSA) is 68.3 Å². The third-order valence-corrected chi connectivity index (χ3v) is 4.42. The highest BCUT2D eigenvalue weighted by Gasteiger charge is 2.33. The van der Waals surface area contributed by atoms with E-state index in [2.05, 4.69) is 20.6 Å². The lowest BCUT2D eigenvalue weighted by molar-refractivity contribution is -0.149. The molecule has 1 saturated heterocycles. The van der Waals surface area contributed by atoms with Gasteiger partial charge in [-0.3, -0.25) is 0 Å². The van der Waals surface area contributed by atoms with Crippen molar-refractivity contribution in [1.29, 1.82) is 0 Å². The molecule has 0 unspecified atom stereocenters. The molecule has 0 radical (unpaired) electrons. The summed E-state index contributed by atoms with van der Waals surface area (Å²) in [6, 6.07) is 8.35. The SMILES string of the molecule is CC1(c2cccc(Nc3ncc(Cl)c(NC4CC4)n3)c2)OCCO1.